The second-order valence-electron chi connectivity index (χ2n) is 7.36. The van der Waals surface area contributed by atoms with Crippen LogP contribution in [0, 0.1) is 6.92 Å². The van der Waals surface area contributed by atoms with Gasteiger partial charge < -0.3 is 15.0 Å². The van der Waals surface area contributed by atoms with Gasteiger partial charge >= 0.3 is 6.03 Å². The van der Waals surface area contributed by atoms with Crippen molar-refractivity contribution in [1.82, 2.24) is 25.4 Å². The first-order chi connectivity index (χ1) is 13.0. The van der Waals surface area contributed by atoms with Crippen molar-refractivity contribution in [2.75, 3.05) is 19.6 Å². The molecule has 1 unspecified atom stereocenters. The minimum absolute atomic E-state index is 0.0125. The van der Waals surface area contributed by atoms with Crippen LogP contribution in [0.5, 0.6) is 5.75 Å². The van der Waals surface area contributed by atoms with Crippen LogP contribution in [0.2, 0.25) is 0 Å². The van der Waals surface area contributed by atoms with E-state index in [2.05, 4.69) is 26.6 Å². The van der Waals surface area contributed by atoms with Gasteiger partial charge in [0.2, 0.25) is 0 Å². The molecule has 1 fully saturated rings. The molecular formula is C20H29N5O2. The Morgan fingerprint density at radius 2 is 2.30 bits per heavy atom. The Hall–Kier alpha value is -2.57. The molecule has 1 aliphatic heterocycles. The number of aromatic nitrogens is 3. The zero-order valence-corrected chi connectivity index (χ0v) is 16.4. The summed E-state index contributed by atoms with van der Waals surface area (Å²) < 4.78 is 5.72. The van der Waals surface area contributed by atoms with Crippen LogP contribution in [0.4, 0.5) is 4.79 Å². The SMILES string of the molecule is Cc1nc(C2CCCN(C(=O)NCCc3cccc(OC(C)C)c3)C2)n[nH]1. The molecule has 0 bridgehead atoms. The zero-order chi connectivity index (χ0) is 19.2. The monoisotopic (exact) mass is 371 g/mol. The lowest BCUT2D eigenvalue weighted by Crippen LogP contribution is -2.45. The van der Waals surface area contributed by atoms with Gasteiger partial charge in [0.25, 0.3) is 0 Å². The van der Waals surface area contributed by atoms with Crippen LogP contribution in [-0.4, -0.2) is 51.9 Å². The fourth-order valence-corrected chi connectivity index (χ4v) is 3.39. The molecule has 0 radical (unpaired) electrons. The summed E-state index contributed by atoms with van der Waals surface area (Å²) in [5.74, 6) is 2.70. The smallest absolute Gasteiger partial charge is 0.317 e. The highest BCUT2D eigenvalue weighted by Gasteiger charge is 2.26. The number of nitrogens with one attached hydrogen (secondary N) is 2. The summed E-state index contributed by atoms with van der Waals surface area (Å²) in [5.41, 5.74) is 1.15. The summed E-state index contributed by atoms with van der Waals surface area (Å²) in [6.07, 6.45) is 2.92. The number of rotatable bonds is 6. The number of carbonyl (C=O) groups is 1. The van der Waals surface area contributed by atoms with E-state index in [0.29, 0.717) is 13.1 Å². The average Bonchev–Trinajstić information content (AvgIpc) is 3.08. The van der Waals surface area contributed by atoms with Gasteiger partial charge in [0.1, 0.15) is 11.6 Å². The first-order valence-electron chi connectivity index (χ1n) is 9.68. The van der Waals surface area contributed by atoms with Crippen molar-refractivity contribution in [2.24, 2.45) is 0 Å². The third-order valence-corrected chi connectivity index (χ3v) is 4.65. The molecule has 1 saturated heterocycles. The fraction of sp³-hybridized carbons (Fsp3) is 0.550. The van der Waals surface area contributed by atoms with Crippen molar-refractivity contribution in [2.45, 2.75) is 52.1 Å². The molecule has 0 aliphatic carbocycles. The van der Waals surface area contributed by atoms with E-state index < -0.39 is 0 Å². The number of benzene rings is 1. The highest BCUT2D eigenvalue weighted by molar-refractivity contribution is 5.74. The van der Waals surface area contributed by atoms with E-state index in [0.717, 1.165) is 48.8 Å². The highest BCUT2D eigenvalue weighted by atomic mass is 16.5. The van der Waals surface area contributed by atoms with Gasteiger partial charge in [-0.1, -0.05) is 12.1 Å². The standard InChI is InChI=1S/C20H29N5O2/c1-14(2)27-18-8-4-6-16(12-18)9-10-21-20(26)25-11-5-7-17(13-25)19-22-15(3)23-24-19/h4,6,8,12,14,17H,5,7,9-11,13H2,1-3H3,(H,21,26)(H,22,23,24). The van der Waals surface area contributed by atoms with Crippen LogP contribution in [-0.2, 0) is 6.42 Å². The van der Waals surface area contributed by atoms with E-state index in [-0.39, 0.29) is 18.1 Å². The van der Waals surface area contributed by atoms with Crippen LogP contribution in [0.3, 0.4) is 0 Å². The first kappa shape index (κ1) is 19.2. The average molecular weight is 371 g/mol. The number of aromatic amines is 1. The maximum atomic E-state index is 12.5. The predicted molar refractivity (Wildman–Crippen MR) is 104 cm³/mol. The van der Waals surface area contributed by atoms with Crippen LogP contribution < -0.4 is 10.1 Å². The van der Waals surface area contributed by atoms with E-state index in [9.17, 15) is 4.79 Å². The molecule has 1 aromatic heterocycles. The van der Waals surface area contributed by atoms with Gasteiger partial charge in [0.05, 0.1) is 6.10 Å². The molecule has 7 nitrogen and oxygen atoms in total. The van der Waals surface area contributed by atoms with E-state index in [4.69, 9.17) is 4.74 Å². The Morgan fingerprint density at radius 3 is 3.04 bits per heavy atom. The predicted octanol–water partition coefficient (Wildman–Crippen LogP) is 3.03. The number of likely N-dealkylation sites (tertiary alicyclic amines) is 1. The van der Waals surface area contributed by atoms with Gasteiger partial charge in [-0.2, -0.15) is 5.10 Å². The second kappa shape index (κ2) is 8.88. The lowest BCUT2D eigenvalue weighted by atomic mass is 9.98. The Labute approximate surface area is 160 Å². The quantitative estimate of drug-likeness (QED) is 0.818. The van der Waals surface area contributed by atoms with E-state index in [1.807, 2.05) is 43.9 Å². The molecule has 7 heteroatoms. The van der Waals surface area contributed by atoms with E-state index in [1.54, 1.807) is 0 Å². The fourth-order valence-electron chi connectivity index (χ4n) is 3.39. The summed E-state index contributed by atoms with van der Waals surface area (Å²) in [6, 6.07) is 8.03. The summed E-state index contributed by atoms with van der Waals surface area (Å²) in [7, 11) is 0. The Bertz CT molecular complexity index is 758. The number of carbonyl (C=O) groups excluding carboxylic acids is 1. The molecule has 2 aromatic rings. The second-order valence-corrected chi connectivity index (χ2v) is 7.36. The van der Waals surface area contributed by atoms with Gasteiger partial charge in [0.15, 0.2) is 5.82 Å². The van der Waals surface area contributed by atoms with Crippen LogP contribution in [0.1, 0.15) is 49.8 Å². The molecule has 0 saturated carbocycles. The molecule has 27 heavy (non-hydrogen) atoms. The van der Waals surface area contributed by atoms with E-state index in [1.165, 1.54) is 0 Å². The summed E-state index contributed by atoms with van der Waals surface area (Å²) in [5, 5.41) is 10.2. The Morgan fingerprint density at radius 1 is 1.44 bits per heavy atom. The lowest BCUT2D eigenvalue weighted by molar-refractivity contribution is 0.178. The maximum Gasteiger partial charge on any atom is 0.317 e. The van der Waals surface area contributed by atoms with Crippen molar-refractivity contribution >= 4 is 6.03 Å². The Balaban J connectivity index is 1.47. The largest absolute Gasteiger partial charge is 0.491 e. The number of H-pyrrole nitrogens is 1. The molecule has 0 spiro atoms. The van der Waals surface area contributed by atoms with Crippen molar-refractivity contribution in [3.63, 3.8) is 0 Å². The van der Waals surface area contributed by atoms with Crippen molar-refractivity contribution in [3.05, 3.63) is 41.5 Å². The van der Waals surface area contributed by atoms with Gasteiger partial charge in [0, 0.05) is 25.6 Å². The molecule has 2 N–H and O–H groups in total. The van der Waals surface area contributed by atoms with Crippen LogP contribution in [0.15, 0.2) is 24.3 Å². The summed E-state index contributed by atoms with van der Waals surface area (Å²) in [6.45, 7) is 7.97. The van der Waals surface area contributed by atoms with E-state index >= 15 is 0 Å². The van der Waals surface area contributed by atoms with Crippen molar-refractivity contribution in [1.29, 1.82) is 0 Å². The first-order valence-corrected chi connectivity index (χ1v) is 9.68. The molecule has 1 atom stereocenters. The lowest BCUT2D eigenvalue weighted by Gasteiger charge is -2.31. The number of hydrogen-bond donors (Lipinski definition) is 2. The maximum absolute atomic E-state index is 12.5. The minimum atomic E-state index is -0.0125. The zero-order valence-electron chi connectivity index (χ0n) is 16.4. The van der Waals surface area contributed by atoms with Gasteiger partial charge in [-0.25, -0.2) is 9.78 Å². The third-order valence-electron chi connectivity index (χ3n) is 4.65. The number of ether oxygens (including phenoxy) is 1. The van der Waals surface area contributed by atoms with Gasteiger partial charge in [-0.15, -0.1) is 0 Å². The topological polar surface area (TPSA) is 83.1 Å². The molecule has 2 amide bonds. The number of hydrogen-bond acceptors (Lipinski definition) is 4. The normalized spacial score (nSPS) is 17.2. The molecular weight excluding hydrogens is 342 g/mol. The Kier molecular flexibility index (Phi) is 6.32. The number of aryl methyl sites for hydroxylation is 1. The number of piperidine rings is 1. The summed E-state index contributed by atoms with van der Waals surface area (Å²) in [4.78, 5) is 18.8. The third kappa shape index (κ3) is 5.45. The molecule has 2 heterocycles. The molecule has 1 aliphatic rings. The van der Waals surface area contributed by atoms with Crippen LogP contribution >= 0.6 is 0 Å². The minimum Gasteiger partial charge on any atom is -0.491 e. The van der Waals surface area contributed by atoms with Crippen molar-refractivity contribution < 1.29 is 9.53 Å². The summed E-state index contributed by atoms with van der Waals surface area (Å²) >= 11 is 0. The number of nitrogens with zero attached hydrogens (tertiary/aromatic N) is 3. The molecule has 3 rings (SSSR count). The highest BCUT2D eigenvalue weighted by Crippen LogP contribution is 2.24. The van der Waals surface area contributed by atoms with Crippen molar-refractivity contribution in [3.8, 4) is 5.75 Å². The molecule has 146 valence electrons. The van der Waals surface area contributed by atoms with Crippen LogP contribution in [0.25, 0.3) is 0 Å². The van der Waals surface area contributed by atoms with Gasteiger partial charge in [-0.3, -0.25) is 5.10 Å². The number of amides is 2. The number of urea groups is 1. The van der Waals surface area contributed by atoms with Gasteiger partial charge in [-0.05, 0) is 57.7 Å². The molecule has 1 aromatic carbocycles.